The molecule has 1 fully saturated rings. The van der Waals surface area contributed by atoms with Crippen LogP contribution in [0.1, 0.15) is 18.4 Å². The van der Waals surface area contributed by atoms with Crippen LogP contribution in [0, 0.1) is 12.8 Å². The molecular weight excluding hydrogens is 416 g/mol. The second kappa shape index (κ2) is 9.49. The van der Waals surface area contributed by atoms with Gasteiger partial charge in [-0.2, -0.15) is 0 Å². The minimum Gasteiger partial charge on any atom is -0.354 e. The van der Waals surface area contributed by atoms with Gasteiger partial charge in [0, 0.05) is 41.1 Å². The van der Waals surface area contributed by atoms with Gasteiger partial charge < -0.3 is 10.2 Å². The first kappa shape index (κ1) is 20.7. The van der Waals surface area contributed by atoms with E-state index in [1.54, 1.807) is 36.3 Å². The maximum atomic E-state index is 12.8. The number of nitrogens with zero attached hydrogens (tertiary/aromatic N) is 3. The number of hydrogen-bond donors (Lipinski definition) is 1. The lowest BCUT2D eigenvalue weighted by molar-refractivity contribution is -0.120. The third-order valence-electron chi connectivity index (χ3n) is 5.07. The summed E-state index contributed by atoms with van der Waals surface area (Å²) in [6.07, 6.45) is 5.21. The summed E-state index contributed by atoms with van der Waals surface area (Å²) in [4.78, 5) is 25.3. The molecular formula is C23H23ClN4OS. The quantitative estimate of drug-likeness (QED) is 0.574. The number of carbonyl (C=O) groups excluding carboxylic acids is 1. The molecule has 4 rings (SSSR count). The minimum absolute atomic E-state index is 0.0126. The summed E-state index contributed by atoms with van der Waals surface area (Å²) in [5, 5.41) is 4.46. The molecule has 7 heteroatoms. The van der Waals surface area contributed by atoms with Crippen molar-refractivity contribution in [1.29, 1.82) is 0 Å². The smallest absolute Gasteiger partial charge is 0.229 e. The first-order chi connectivity index (χ1) is 14.6. The fraction of sp³-hybridized carbons (Fsp3) is 0.261. The highest BCUT2D eigenvalue weighted by molar-refractivity contribution is 7.99. The largest absolute Gasteiger partial charge is 0.354 e. The number of anilines is 2. The fourth-order valence-electron chi connectivity index (χ4n) is 3.52. The van der Waals surface area contributed by atoms with Crippen LogP contribution in [0.3, 0.4) is 0 Å². The number of amides is 1. The zero-order valence-electron chi connectivity index (χ0n) is 16.7. The molecule has 0 aliphatic carbocycles. The number of aryl methyl sites for hydroxylation is 1. The molecule has 1 amide bonds. The first-order valence-electron chi connectivity index (χ1n) is 9.95. The van der Waals surface area contributed by atoms with E-state index in [2.05, 4.69) is 51.4 Å². The van der Waals surface area contributed by atoms with Crippen LogP contribution < -0.4 is 10.2 Å². The number of hydrogen-bond acceptors (Lipinski definition) is 5. The number of halogens is 1. The van der Waals surface area contributed by atoms with Crippen LogP contribution >= 0.6 is 23.4 Å². The van der Waals surface area contributed by atoms with Crippen molar-refractivity contribution >= 4 is 40.8 Å². The summed E-state index contributed by atoms with van der Waals surface area (Å²) in [6.45, 7) is 3.55. The SMILES string of the molecule is Cc1ccc(Sc2nccnc2N2CCC[C@@H](C(=O)Nc3cccc(Cl)c3)C2)cc1. The molecule has 30 heavy (non-hydrogen) atoms. The lowest BCUT2D eigenvalue weighted by Gasteiger charge is -2.33. The number of piperidine rings is 1. The van der Waals surface area contributed by atoms with Crippen molar-refractivity contribution in [3.63, 3.8) is 0 Å². The number of nitrogens with one attached hydrogen (secondary N) is 1. The molecule has 0 unspecified atom stereocenters. The summed E-state index contributed by atoms with van der Waals surface area (Å²) in [7, 11) is 0. The summed E-state index contributed by atoms with van der Waals surface area (Å²) in [5.41, 5.74) is 1.95. The number of aromatic nitrogens is 2. The van der Waals surface area contributed by atoms with Crippen LogP contribution in [-0.4, -0.2) is 29.0 Å². The van der Waals surface area contributed by atoms with Crippen LogP contribution in [0.15, 0.2) is 70.8 Å². The molecule has 154 valence electrons. The Morgan fingerprint density at radius 2 is 1.97 bits per heavy atom. The number of benzene rings is 2. The molecule has 1 aliphatic rings. The van der Waals surface area contributed by atoms with E-state index >= 15 is 0 Å². The van der Waals surface area contributed by atoms with E-state index in [1.807, 2.05) is 12.1 Å². The predicted octanol–water partition coefficient (Wildman–Crippen LogP) is 5.44. The molecule has 1 N–H and O–H groups in total. The highest BCUT2D eigenvalue weighted by Gasteiger charge is 2.28. The lowest BCUT2D eigenvalue weighted by Crippen LogP contribution is -2.41. The highest BCUT2D eigenvalue weighted by atomic mass is 35.5. The number of rotatable bonds is 5. The van der Waals surface area contributed by atoms with Crippen molar-refractivity contribution in [2.24, 2.45) is 5.92 Å². The maximum Gasteiger partial charge on any atom is 0.229 e. The van der Waals surface area contributed by atoms with E-state index in [0.717, 1.165) is 40.8 Å². The molecule has 0 saturated carbocycles. The summed E-state index contributed by atoms with van der Waals surface area (Å²) < 4.78 is 0. The molecule has 0 bridgehead atoms. The van der Waals surface area contributed by atoms with Gasteiger partial charge in [0.25, 0.3) is 0 Å². The Kier molecular flexibility index (Phi) is 6.55. The topological polar surface area (TPSA) is 58.1 Å². The van der Waals surface area contributed by atoms with Crippen molar-refractivity contribution in [2.45, 2.75) is 29.7 Å². The molecule has 1 atom stereocenters. The first-order valence-corrected chi connectivity index (χ1v) is 11.1. The standard InChI is InChI=1S/C23H23ClN4OS/c1-16-7-9-20(10-8-16)30-23-21(25-11-12-26-23)28-13-3-4-17(15-28)22(29)27-19-6-2-5-18(24)14-19/h2,5-12,14,17H,3-4,13,15H2,1H3,(H,27,29)/t17-/m1/s1. The molecule has 5 nitrogen and oxygen atoms in total. The van der Waals surface area contributed by atoms with Gasteiger partial charge in [0.05, 0.1) is 5.92 Å². The van der Waals surface area contributed by atoms with E-state index in [0.29, 0.717) is 11.6 Å². The van der Waals surface area contributed by atoms with Gasteiger partial charge in [0.1, 0.15) is 5.03 Å². The Morgan fingerprint density at radius 1 is 1.17 bits per heavy atom. The summed E-state index contributed by atoms with van der Waals surface area (Å²) in [6, 6.07) is 15.6. The average Bonchev–Trinajstić information content (AvgIpc) is 2.76. The zero-order valence-corrected chi connectivity index (χ0v) is 18.3. The van der Waals surface area contributed by atoms with Crippen LogP contribution in [0.25, 0.3) is 0 Å². The van der Waals surface area contributed by atoms with Gasteiger partial charge in [-0.05, 0) is 50.1 Å². The molecule has 2 aromatic carbocycles. The molecule has 2 heterocycles. The van der Waals surface area contributed by atoms with Crippen molar-refractivity contribution in [3.05, 3.63) is 71.5 Å². The van der Waals surface area contributed by atoms with Crippen molar-refractivity contribution in [2.75, 3.05) is 23.3 Å². The Morgan fingerprint density at radius 3 is 2.77 bits per heavy atom. The number of carbonyl (C=O) groups is 1. The maximum absolute atomic E-state index is 12.8. The van der Waals surface area contributed by atoms with E-state index in [9.17, 15) is 4.79 Å². The third-order valence-corrected chi connectivity index (χ3v) is 6.29. The third kappa shape index (κ3) is 5.12. The molecule has 1 aromatic heterocycles. The van der Waals surface area contributed by atoms with Gasteiger partial charge in [0.2, 0.25) is 5.91 Å². The normalized spacial score (nSPS) is 16.3. The molecule has 0 spiro atoms. The van der Waals surface area contributed by atoms with Gasteiger partial charge in [-0.15, -0.1) is 0 Å². The van der Waals surface area contributed by atoms with E-state index < -0.39 is 0 Å². The van der Waals surface area contributed by atoms with Crippen molar-refractivity contribution in [3.8, 4) is 0 Å². The van der Waals surface area contributed by atoms with E-state index in [1.165, 1.54) is 5.56 Å². The van der Waals surface area contributed by atoms with Gasteiger partial charge in [0.15, 0.2) is 5.82 Å². The molecule has 1 saturated heterocycles. The Balaban J connectivity index is 1.48. The summed E-state index contributed by atoms with van der Waals surface area (Å²) in [5.74, 6) is 0.735. The van der Waals surface area contributed by atoms with E-state index in [4.69, 9.17) is 11.6 Å². The fourth-order valence-corrected chi connectivity index (χ4v) is 4.59. The zero-order chi connectivity index (χ0) is 20.9. The second-order valence-corrected chi connectivity index (χ2v) is 8.88. The Hall–Kier alpha value is -2.57. The van der Waals surface area contributed by atoms with Crippen LogP contribution in [0.2, 0.25) is 5.02 Å². The van der Waals surface area contributed by atoms with Crippen LogP contribution in [0.4, 0.5) is 11.5 Å². The highest BCUT2D eigenvalue weighted by Crippen LogP contribution is 2.34. The monoisotopic (exact) mass is 438 g/mol. The minimum atomic E-state index is -0.114. The molecule has 1 aliphatic heterocycles. The van der Waals surface area contributed by atoms with Gasteiger partial charge in [-0.25, -0.2) is 9.97 Å². The molecule has 3 aromatic rings. The van der Waals surface area contributed by atoms with Gasteiger partial charge in [-0.1, -0.05) is 47.1 Å². The van der Waals surface area contributed by atoms with Crippen molar-refractivity contribution < 1.29 is 4.79 Å². The van der Waals surface area contributed by atoms with Gasteiger partial charge >= 0.3 is 0 Å². The Bertz CT molecular complexity index is 1030. The summed E-state index contributed by atoms with van der Waals surface area (Å²) >= 11 is 7.63. The Labute approximate surface area is 185 Å². The van der Waals surface area contributed by atoms with Crippen LogP contribution in [0.5, 0.6) is 0 Å². The van der Waals surface area contributed by atoms with E-state index in [-0.39, 0.29) is 11.8 Å². The average molecular weight is 439 g/mol. The second-order valence-electron chi connectivity index (χ2n) is 7.38. The predicted molar refractivity (Wildman–Crippen MR) is 122 cm³/mol. The van der Waals surface area contributed by atoms with Crippen LogP contribution in [-0.2, 0) is 4.79 Å². The molecule has 0 radical (unpaired) electrons. The van der Waals surface area contributed by atoms with Gasteiger partial charge in [-0.3, -0.25) is 4.79 Å². The lowest BCUT2D eigenvalue weighted by atomic mass is 9.97. The van der Waals surface area contributed by atoms with Crippen molar-refractivity contribution in [1.82, 2.24) is 9.97 Å².